The summed E-state index contributed by atoms with van der Waals surface area (Å²) in [5.41, 5.74) is 7.26. The van der Waals surface area contributed by atoms with Gasteiger partial charge in [-0.1, -0.05) is 11.6 Å². The lowest BCUT2D eigenvalue weighted by Crippen LogP contribution is -2.13. The molecule has 2 N–H and O–H groups in total. The first kappa shape index (κ1) is 8.36. The minimum absolute atomic E-state index is 0.409. The molecule has 0 bridgehead atoms. The van der Waals surface area contributed by atoms with Crippen LogP contribution in [0.25, 0.3) is 0 Å². The fourth-order valence-electron chi connectivity index (χ4n) is 1.46. The molecule has 0 spiro atoms. The van der Waals surface area contributed by atoms with Crippen LogP contribution in [-0.4, -0.2) is 6.04 Å². The summed E-state index contributed by atoms with van der Waals surface area (Å²) in [6, 6.07) is 0.409. The van der Waals surface area contributed by atoms with E-state index < -0.39 is 0 Å². The van der Waals surface area contributed by atoms with Gasteiger partial charge in [0.1, 0.15) is 0 Å². The molecule has 1 saturated carbocycles. The molecule has 11 heavy (non-hydrogen) atoms. The fourth-order valence-corrected chi connectivity index (χ4v) is 1.46. The van der Waals surface area contributed by atoms with Gasteiger partial charge in [-0.25, -0.2) is 0 Å². The molecule has 0 aliphatic heterocycles. The zero-order valence-electron chi connectivity index (χ0n) is 6.84. The first-order valence-electron chi connectivity index (χ1n) is 4.20. The van der Waals surface area contributed by atoms with Gasteiger partial charge < -0.3 is 5.73 Å². The van der Waals surface area contributed by atoms with E-state index in [0.29, 0.717) is 6.04 Å². The van der Waals surface area contributed by atoms with Crippen molar-refractivity contribution in [3.8, 4) is 12.3 Å². The molecule has 1 aliphatic carbocycles. The highest BCUT2D eigenvalue weighted by molar-refractivity contribution is 5.10. The number of hydrogen-bond acceptors (Lipinski definition) is 1. The van der Waals surface area contributed by atoms with Crippen LogP contribution in [-0.2, 0) is 0 Å². The van der Waals surface area contributed by atoms with Crippen LogP contribution in [0.3, 0.4) is 0 Å². The summed E-state index contributed by atoms with van der Waals surface area (Å²) in [6.07, 6.45) is 12.7. The lowest BCUT2D eigenvalue weighted by molar-refractivity contribution is 0.711. The van der Waals surface area contributed by atoms with E-state index in [1.807, 2.05) is 0 Å². The second kappa shape index (κ2) is 4.20. The molecule has 0 heterocycles. The van der Waals surface area contributed by atoms with Gasteiger partial charge in [-0.05, 0) is 25.7 Å². The standard InChI is InChI=1S/C10H15N/c1-2-3-4-5-9-6-7-10(11)8-9/h1,5,10H,3-4,6-8,11H2/b9-5+. The largest absolute Gasteiger partial charge is 0.327 e. The normalized spacial score (nSPS) is 27.3. The maximum Gasteiger partial charge on any atom is 0.0121 e. The Balaban J connectivity index is 2.26. The fraction of sp³-hybridized carbons (Fsp3) is 0.600. The quantitative estimate of drug-likeness (QED) is 0.362. The average Bonchev–Trinajstić information content (AvgIpc) is 2.37. The molecule has 0 amide bonds. The third-order valence-corrected chi connectivity index (χ3v) is 2.08. The number of rotatable bonds is 2. The monoisotopic (exact) mass is 149 g/mol. The van der Waals surface area contributed by atoms with Gasteiger partial charge in [0.15, 0.2) is 0 Å². The summed E-state index contributed by atoms with van der Waals surface area (Å²) >= 11 is 0. The molecule has 0 aromatic carbocycles. The van der Waals surface area contributed by atoms with Crippen LogP contribution >= 0.6 is 0 Å². The summed E-state index contributed by atoms with van der Waals surface area (Å²) in [6.45, 7) is 0. The van der Waals surface area contributed by atoms with Crippen LogP contribution in [0, 0.1) is 12.3 Å². The maximum absolute atomic E-state index is 5.75. The minimum Gasteiger partial charge on any atom is -0.327 e. The van der Waals surface area contributed by atoms with Gasteiger partial charge in [0.2, 0.25) is 0 Å². The van der Waals surface area contributed by atoms with Crippen molar-refractivity contribution in [2.45, 2.75) is 38.1 Å². The van der Waals surface area contributed by atoms with Gasteiger partial charge in [-0.2, -0.15) is 0 Å². The van der Waals surface area contributed by atoms with E-state index in [1.54, 1.807) is 0 Å². The van der Waals surface area contributed by atoms with Crippen LogP contribution in [0.1, 0.15) is 32.1 Å². The van der Waals surface area contributed by atoms with E-state index in [-0.39, 0.29) is 0 Å². The first-order valence-corrected chi connectivity index (χ1v) is 4.20. The van der Waals surface area contributed by atoms with E-state index in [2.05, 4.69) is 12.0 Å². The zero-order chi connectivity index (χ0) is 8.10. The Hall–Kier alpha value is -0.740. The Morgan fingerprint density at radius 1 is 1.73 bits per heavy atom. The van der Waals surface area contributed by atoms with Crippen LogP contribution in [0.4, 0.5) is 0 Å². The molecule has 1 fully saturated rings. The molecule has 0 radical (unpaired) electrons. The van der Waals surface area contributed by atoms with Gasteiger partial charge in [0.05, 0.1) is 0 Å². The van der Waals surface area contributed by atoms with Crippen molar-refractivity contribution < 1.29 is 0 Å². The predicted octanol–water partition coefficient (Wildman–Crippen LogP) is 1.84. The van der Waals surface area contributed by atoms with Crippen LogP contribution < -0.4 is 5.73 Å². The van der Waals surface area contributed by atoms with Crippen LogP contribution in [0.5, 0.6) is 0 Å². The number of hydrogen-bond donors (Lipinski definition) is 1. The Morgan fingerprint density at radius 2 is 2.55 bits per heavy atom. The number of nitrogens with two attached hydrogens (primary N) is 1. The van der Waals surface area contributed by atoms with Crippen molar-refractivity contribution in [2.75, 3.05) is 0 Å². The smallest absolute Gasteiger partial charge is 0.0121 e. The van der Waals surface area contributed by atoms with E-state index in [0.717, 1.165) is 25.7 Å². The number of terminal acetylenes is 1. The summed E-state index contributed by atoms with van der Waals surface area (Å²) in [7, 11) is 0. The molecule has 1 atom stereocenters. The first-order chi connectivity index (χ1) is 5.33. The second-order valence-electron chi connectivity index (χ2n) is 3.11. The van der Waals surface area contributed by atoms with Crippen LogP contribution in [0.2, 0.25) is 0 Å². The second-order valence-corrected chi connectivity index (χ2v) is 3.11. The SMILES string of the molecule is C#CCC/C=C1\CCC(N)C1. The molecule has 1 rings (SSSR count). The highest BCUT2D eigenvalue weighted by atomic mass is 14.6. The lowest BCUT2D eigenvalue weighted by atomic mass is 10.1. The van der Waals surface area contributed by atoms with Crippen molar-refractivity contribution in [3.63, 3.8) is 0 Å². The summed E-state index contributed by atoms with van der Waals surface area (Å²) < 4.78 is 0. The van der Waals surface area contributed by atoms with Crippen molar-refractivity contribution in [1.29, 1.82) is 0 Å². The molecule has 0 aromatic rings. The van der Waals surface area contributed by atoms with Gasteiger partial charge in [-0.3, -0.25) is 0 Å². The van der Waals surface area contributed by atoms with Gasteiger partial charge in [0, 0.05) is 12.5 Å². The minimum atomic E-state index is 0.409. The Morgan fingerprint density at radius 3 is 3.09 bits per heavy atom. The molecule has 60 valence electrons. The van der Waals surface area contributed by atoms with Crippen molar-refractivity contribution in [3.05, 3.63) is 11.6 Å². The van der Waals surface area contributed by atoms with Crippen molar-refractivity contribution in [1.82, 2.24) is 0 Å². The van der Waals surface area contributed by atoms with Gasteiger partial charge >= 0.3 is 0 Å². The van der Waals surface area contributed by atoms with Crippen LogP contribution in [0.15, 0.2) is 11.6 Å². The van der Waals surface area contributed by atoms with Crippen molar-refractivity contribution >= 4 is 0 Å². The molecule has 0 aromatic heterocycles. The molecule has 0 saturated heterocycles. The number of unbranched alkanes of at least 4 members (excludes halogenated alkanes) is 1. The Kier molecular flexibility index (Phi) is 3.19. The van der Waals surface area contributed by atoms with E-state index in [4.69, 9.17) is 12.2 Å². The molecule has 1 heteroatoms. The lowest BCUT2D eigenvalue weighted by Gasteiger charge is -1.95. The molecular weight excluding hydrogens is 134 g/mol. The summed E-state index contributed by atoms with van der Waals surface area (Å²) in [5, 5.41) is 0. The molecule has 1 nitrogen and oxygen atoms in total. The van der Waals surface area contributed by atoms with E-state index in [9.17, 15) is 0 Å². The zero-order valence-corrected chi connectivity index (χ0v) is 6.84. The summed E-state index contributed by atoms with van der Waals surface area (Å²) in [4.78, 5) is 0. The molecular formula is C10H15N. The summed E-state index contributed by atoms with van der Waals surface area (Å²) in [5.74, 6) is 2.63. The number of allylic oxidation sites excluding steroid dienone is 1. The topological polar surface area (TPSA) is 26.0 Å². The molecule has 1 unspecified atom stereocenters. The van der Waals surface area contributed by atoms with Gasteiger partial charge in [-0.15, -0.1) is 12.3 Å². The highest BCUT2D eigenvalue weighted by Crippen LogP contribution is 2.23. The Bertz CT molecular complexity index is 186. The molecule has 1 aliphatic rings. The van der Waals surface area contributed by atoms with E-state index >= 15 is 0 Å². The third kappa shape index (κ3) is 2.78. The highest BCUT2D eigenvalue weighted by Gasteiger charge is 2.13. The maximum atomic E-state index is 5.75. The van der Waals surface area contributed by atoms with Gasteiger partial charge in [0.25, 0.3) is 0 Å². The average molecular weight is 149 g/mol. The van der Waals surface area contributed by atoms with Crippen molar-refractivity contribution in [2.24, 2.45) is 5.73 Å². The predicted molar refractivity (Wildman–Crippen MR) is 48.0 cm³/mol. The Labute approximate surface area is 68.7 Å². The third-order valence-electron chi connectivity index (χ3n) is 2.08. The van der Waals surface area contributed by atoms with E-state index in [1.165, 1.54) is 12.0 Å².